The first-order chi connectivity index (χ1) is 70.7. The van der Waals surface area contributed by atoms with Crippen LogP contribution in [0.1, 0.15) is 152 Å². The summed E-state index contributed by atoms with van der Waals surface area (Å²) in [6, 6.07) is 76.5. The number of rotatable bonds is 29. The first-order valence-electron chi connectivity index (χ1n) is 48.5. The zero-order valence-corrected chi connectivity index (χ0v) is 82.8. The van der Waals surface area contributed by atoms with E-state index in [0.717, 1.165) is 44.9 Å². The van der Waals surface area contributed by atoms with Gasteiger partial charge in [-0.05, 0) is 253 Å². The largest absolute Gasteiger partial charge is 0.383 e. The van der Waals surface area contributed by atoms with Crippen molar-refractivity contribution in [2.75, 3.05) is 56.9 Å². The van der Waals surface area contributed by atoms with Crippen molar-refractivity contribution in [3.63, 3.8) is 0 Å². The molecule has 0 spiro atoms. The van der Waals surface area contributed by atoms with E-state index in [1.54, 1.807) is 219 Å². The van der Waals surface area contributed by atoms with Crippen molar-refractivity contribution in [1.82, 2.24) is 35.0 Å². The summed E-state index contributed by atoms with van der Waals surface area (Å²) < 4.78 is 46.5. The lowest BCUT2D eigenvalue weighted by molar-refractivity contribution is -0.120. The number of nitrogens with zero attached hydrogens (tertiary/aromatic N) is 7. The Morgan fingerprint density at radius 2 is 0.728 bits per heavy atom. The molecule has 34 heteroatoms. The number of urea groups is 4. The van der Waals surface area contributed by atoms with E-state index in [4.69, 9.17) is 57.9 Å². The van der Waals surface area contributed by atoms with Crippen molar-refractivity contribution in [1.29, 1.82) is 5.26 Å². The molecule has 3 saturated heterocycles. The fourth-order valence-corrected chi connectivity index (χ4v) is 19.8. The number of pyridine rings is 3. The number of halogens is 7. The zero-order valence-electron chi connectivity index (χ0n) is 79.8. The Morgan fingerprint density at radius 3 is 1.09 bits per heavy atom. The minimum absolute atomic E-state index is 0.0668. The summed E-state index contributed by atoms with van der Waals surface area (Å²) in [5, 5.41) is 69.3. The van der Waals surface area contributed by atoms with E-state index in [0.29, 0.717) is 130 Å². The van der Waals surface area contributed by atoms with Crippen LogP contribution in [0.2, 0.25) is 20.1 Å². The number of anilines is 7. The maximum Gasteiger partial charge on any atom is 0.323 e. The molecule has 10 aromatic carbocycles. The van der Waals surface area contributed by atoms with Gasteiger partial charge >= 0.3 is 24.1 Å². The Kier molecular flexibility index (Phi) is 31.9. The predicted molar refractivity (Wildman–Crippen MR) is 560 cm³/mol. The first-order valence-corrected chi connectivity index (χ1v) is 50.0. The lowest BCUT2D eigenvalue weighted by atomic mass is 9.78. The topological polar surface area (TPSA) is 401 Å². The summed E-state index contributed by atoms with van der Waals surface area (Å²) in [7, 11) is 0. The lowest BCUT2D eigenvalue weighted by Crippen LogP contribution is -2.49. The highest BCUT2D eigenvalue weighted by Gasteiger charge is 2.53. The maximum atomic E-state index is 15.9. The number of aromatic nitrogens is 3. The normalized spacial score (nSPS) is 19.9. The number of nitrogens with one attached hydrogen (secondary N) is 8. The second-order valence-corrected chi connectivity index (χ2v) is 40.2. The second kappa shape index (κ2) is 45.2. The molecule has 3 unspecified atom stereocenters. The van der Waals surface area contributed by atoms with Gasteiger partial charge in [-0.3, -0.25) is 29.7 Å². The van der Waals surface area contributed by atoms with Gasteiger partial charge in [-0.2, -0.15) is 5.26 Å². The molecule has 11 amide bonds. The molecule has 9 atom stereocenters. The van der Waals surface area contributed by atoms with Gasteiger partial charge in [0.05, 0.1) is 81.4 Å². The van der Waals surface area contributed by atoms with Crippen molar-refractivity contribution in [2.24, 2.45) is 29.2 Å². The third-order valence-electron chi connectivity index (χ3n) is 28.1. The molecule has 15 N–H and O–H groups in total. The smallest absolute Gasteiger partial charge is 0.323 e. The van der Waals surface area contributed by atoms with Crippen molar-refractivity contribution in [2.45, 2.75) is 148 Å². The van der Waals surface area contributed by atoms with E-state index in [1.807, 2.05) is 48.5 Å². The number of amides is 11. The maximum absolute atomic E-state index is 15.9. The van der Waals surface area contributed by atoms with Gasteiger partial charge in [0.1, 0.15) is 58.2 Å². The van der Waals surface area contributed by atoms with Crippen molar-refractivity contribution in [3.05, 3.63) is 403 Å². The van der Waals surface area contributed by atoms with E-state index >= 15 is 13.2 Å². The number of carbonyl (C=O) groups is 7. The summed E-state index contributed by atoms with van der Waals surface area (Å²) in [5.41, 5.74) is 12.7. The van der Waals surface area contributed by atoms with E-state index in [2.05, 4.69) is 63.6 Å². The number of β-amino-alcohol motifs (C(OH)–C–C–N with tert-alkyl or cyclic N) is 3. The fourth-order valence-electron chi connectivity index (χ4n) is 19.3. The monoisotopic (exact) mass is 2060 g/mol. The number of nitrogens with two attached hydrogens (primary N) is 2. The minimum Gasteiger partial charge on any atom is -0.383 e. The molecule has 3 aliphatic heterocycles. The lowest BCUT2D eigenvalue weighted by Gasteiger charge is -2.37. The molecule has 6 aliphatic rings. The van der Waals surface area contributed by atoms with Gasteiger partial charge < -0.3 is 78.7 Å². The molecule has 19 rings (SSSR count). The standard InChI is InChI=1S/C44H39Cl2FN6O4.C35H35ClFN5O3.C34H34ClFN6O3/c45-33-12-16-35(17-13-33)49-41(55)52-44(22-21-28-9-10-28,31-8-4-5-29(23-31)26-48)32-11-20-37(47)38(24-32)51-40(54)39-25-43(57,30-6-2-1-3-7-30)27-53(39)42(56)50-36-18-14-34(46)15-19-36;36-26-12-14-27(15-13-26)40-33(44)42-22-34(45,24-6-2-1-3-7-24)21-30(42)32(43)41-29-20-25(11-16-28(29)37)35(38,18-17-23-9-10-23)31-8-4-5-19-39-31;35-25-12-14-30(39-20-25)41-32(44)42-21-33(45,23-6-2-1-3-7-23)19-28(42)31(43)40-27-18-24(11-13-26(27)36)34(37,16-15-22-9-10-22)29-8-4-5-17-38-29/h1-8,11-20,23-24,28,39,57H,9-10,21-22,25,27H2,(H,50,56)(H,51,54)(H2,49,52,55);1-8,11-16,19-20,23,30,45H,9-10,17-18,21-22,38H2,(H,40,44)(H,41,43);1-8,11-14,17-18,20,22,28,45H,9-10,15-16,19,21,37H2,(H,40,43)(H,39,41,44)/t39-,43-,44?;30-,34-,35?;28-,33-,34?/m111/s1. The van der Waals surface area contributed by atoms with Crippen LogP contribution in [0.5, 0.6) is 0 Å². The molecule has 6 heterocycles. The number of likely N-dealkylation sites (tertiary alicyclic amines) is 3. The van der Waals surface area contributed by atoms with Gasteiger partial charge in [0.2, 0.25) is 17.7 Å². The average molecular weight is 2060 g/mol. The third kappa shape index (κ3) is 25.0. The zero-order chi connectivity index (χ0) is 103. The average Bonchev–Trinajstić information content (AvgIpc) is 1.74. The van der Waals surface area contributed by atoms with Gasteiger partial charge in [-0.15, -0.1) is 0 Å². The van der Waals surface area contributed by atoms with Gasteiger partial charge in [0, 0.05) is 70.0 Å². The number of benzene rings is 10. The molecular formula is C113H108Cl4F3N17O10. The molecule has 13 aromatic rings. The Bertz CT molecular complexity index is 6720. The molecule has 3 aliphatic carbocycles. The summed E-state index contributed by atoms with van der Waals surface area (Å²) in [4.78, 5) is 114. The highest BCUT2D eigenvalue weighted by atomic mass is 35.5. The Hall–Kier alpha value is -14.6. The van der Waals surface area contributed by atoms with Crippen molar-refractivity contribution >= 4 is 128 Å². The van der Waals surface area contributed by atoms with Crippen LogP contribution < -0.4 is 54.0 Å². The molecule has 0 bridgehead atoms. The number of hydrogen-bond donors (Lipinski definition) is 13. The van der Waals surface area contributed by atoms with E-state index in [-0.39, 0.29) is 61.8 Å². The van der Waals surface area contributed by atoms with Crippen LogP contribution in [0, 0.1) is 46.5 Å². The van der Waals surface area contributed by atoms with Gasteiger partial charge in [-0.1, -0.05) is 218 Å². The van der Waals surface area contributed by atoms with Crippen LogP contribution in [-0.4, -0.2) is 125 Å². The van der Waals surface area contributed by atoms with Gasteiger partial charge in [-0.25, -0.2) is 37.3 Å². The minimum atomic E-state index is -1.59. The summed E-state index contributed by atoms with van der Waals surface area (Å²) in [6.45, 7) is -0.545. The van der Waals surface area contributed by atoms with Crippen LogP contribution in [0.25, 0.3) is 0 Å². The van der Waals surface area contributed by atoms with E-state index < -0.39 is 111 Å². The summed E-state index contributed by atoms with van der Waals surface area (Å²) in [5.74, 6) is -2.20. The highest BCUT2D eigenvalue weighted by Crippen LogP contribution is 2.48. The van der Waals surface area contributed by atoms with Crippen LogP contribution >= 0.6 is 46.4 Å². The van der Waals surface area contributed by atoms with E-state index in [9.17, 15) is 54.1 Å². The quantitative estimate of drug-likeness (QED) is 0.0207. The van der Waals surface area contributed by atoms with Gasteiger partial charge in [0.15, 0.2) is 0 Å². The van der Waals surface area contributed by atoms with Crippen LogP contribution in [-0.2, 0) is 47.8 Å². The number of carbonyl (C=O) groups excluding carboxylic acids is 7. The molecule has 6 fully saturated rings. The van der Waals surface area contributed by atoms with Gasteiger partial charge in [0.25, 0.3) is 0 Å². The molecule has 27 nitrogen and oxygen atoms in total. The molecule has 0 radical (unpaired) electrons. The first kappa shape index (κ1) is 104. The fraction of sp³-hybridized carbons (Fsp3) is 0.265. The van der Waals surface area contributed by atoms with Crippen LogP contribution in [0.3, 0.4) is 0 Å². The molecule has 3 saturated carbocycles. The number of nitriles is 1. The van der Waals surface area contributed by atoms with Crippen molar-refractivity contribution in [3.8, 4) is 6.07 Å². The Balaban J connectivity index is 0.000000152. The number of aliphatic hydroxyl groups is 3. The summed E-state index contributed by atoms with van der Waals surface area (Å²) >= 11 is 24.0. The Labute approximate surface area is 868 Å². The number of hydrogen-bond acceptors (Lipinski definition) is 16. The van der Waals surface area contributed by atoms with E-state index in [1.165, 1.54) is 70.1 Å². The molecule has 3 aromatic heterocycles. The Morgan fingerprint density at radius 1 is 0.381 bits per heavy atom. The third-order valence-corrected chi connectivity index (χ3v) is 29.0. The SMILES string of the molecule is N#Cc1cccc(C(CCC2CC2)(NC(=O)Nc2ccc(Cl)cc2)c2ccc(F)c(NC(=O)[C@H]3C[C@](O)(c4ccccc4)CN3C(=O)Nc3ccc(Cl)cc3)c2)c1.NC(CCC1CC1)(c1ccc(F)c(NC(=O)[C@H]2C[C@](O)(c3ccccc3)CN2C(=O)Nc2ccc(Cl)cc2)c1)c1ccccn1.NC(CCC1CC1)(c1ccc(F)c(NC(=O)[C@H]2C[C@](O)(c3ccccc3)CN2C(=O)Nc2ccc(Cl)cn2)c1)c1ccccn1. The van der Waals surface area contributed by atoms with Crippen LogP contribution in [0.4, 0.5) is 72.3 Å². The molecule has 754 valence electrons. The summed E-state index contributed by atoms with van der Waals surface area (Å²) in [6.07, 6.45) is 15.2. The molecule has 147 heavy (non-hydrogen) atoms. The predicted octanol–water partition coefficient (Wildman–Crippen LogP) is 21.6. The second-order valence-electron chi connectivity index (χ2n) is 38.5. The highest BCUT2D eigenvalue weighted by molar-refractivity contribution is 6.31. The molecular weight excluding hydrogens is 1950 g/mol. The van der Waals surface area contributed by atoms with Crippen molar-refractivity contribution < 1.29 is 62.1 Å². The van der Waals surface area contributed by atoms with Crippen LogP contribution in [0.15, 0.2) is 310 Å².